The maximum Gasteiger partial charge on any atom is 0.354 e. The van der Waals surface area contributed by atoms with Gasteiger partial charge in [0, 0.05) is 0 Å². The van der Waals surface area contributed by atoms with Crippen LogP contribution in [0.2, 0.25) is 0 Å². The molecule has 6 heteroatoms. The zero-order valence-electron chi connectivity index (χ0n) is 6.63. The van der Waals surface area contributed by atoms with Crippen LogP contribution in [0.15, 0.2) is 15.3 Å². The average molecular weight is 248 g/mol. The van der Waals surface area contributed by atoms with Crippen molar-refractivity contribution >= 4 is 21.9 Å². The molecule has 0 fully saturated rings. The highest BCUT2D eigenvalue weighted by atomic mass is 79.9. The molecule has 0 saturated carbocycles. The predicted octanol–water partition coefficient (Wildman–Crippen LogP) is 0.630. The number of esters is 1. The third kappa shape index (κ3) is 1.89. The van der Waals surface area contributed by atoms with Crippen LogP contribution in [-0.2, 0) is 4.74 Å². The van der Waals surface area contributed by atoms with Crippen LogP contribution in [0.3, 0.4) is 0 Å². The van der Waals surface area contributed by atoms with Gasteiger partial charge in [-0.2, -0.15) is 0 Å². The molecule has 0 aliphatic heterocycles. The Morgan fingerprint density at radius 1 is 1.69 bits per heavy atom. The average Bonchev–Trinajstić information content (AvgIpc) is 2.12. The van der Waals surface area contributed by atoms with Crippen molar-refractivity contribution in [1.82, 2.24) is 4.98 Å². The van der Waals surface area contributed by atoms with E-state index in [-0.39, 0.29) is 10.2 Å². The van der Waals surface area contributed by atoms with Crippen LogP contribution in [0.1, 0.15) is 10.5 Å². The fourth-order valence-corrected chi connectivity index (χ4v) is 1.15. The van der Waals surface area contributed by atoms with E-state index in [1.165, 1.54) is 13.2 Å². The first-order chi connectivity index (χ1) is 6.06. The topological polar surface area (TPSA) is 79.4 Å². The standard InChI is InChI=1S/C7H6BrNO4/c1-13-7(12)4-2-3(8)5(10)6(11)9-4/h2,10H,1H3,(H,9,11). The Hall–Kier alpha value is -1.30. The van der Waals surface area contributed by atoms with Crippen molar-refractivity contribution in [1.29, 1.82) is 0 Å². The summed E-state index contributed by atoms with van der Waals surface area (Å²) in [6.45, 7) is 0. The number of nitrogens with one attached hydrogen (secondary N) is 1. The number of pyridine rings is 1. The van der Waals surface area contributed by atoms with Crippen LogP contribution in [0.5, 0.6) is 5.75 Å². The summed E-state index contributed by atoms with van der Waals surface area (Å²) < 4.78 is 4.52. The maximum absolute atomic E-state index is 10.9. The summed E-state index contributed by atoms with van der Waals surface area (Å²) in [6, 6.07) is 1.27. The number of hydrogen-bond donors (Lipinski definition) is 2. The molecule has 0 aromatic carbocycles. The first kappa shape index (κ1) is 9.79. The Bertz CT molecular complexity index is 398. The van der Waals surface area contributed by atoms with E-state index in [4.69, 9.17) is 5.11 Å². The summed E-state index contributed by atoms with van der Waals surface area (Å²) in [5.41, 5.74) is -0.757. The first-order valence-electron chi connectivity index (χ1n) is 3.26. The number of aromatic amines is 1. The molecule has 0 atom stereocenters. The van der Waals surface area contributed by atoms with Gasteiger partial charge in [-0.15, -0.1) is 0 Å². The molecule has 2 N–H and O–H groups in total. The van der Waals surface area contributed by atoms with Crippen LogP contribution < -0.4 is 5.56 Å². The summed E-state index contributed by atoms with van der Waals surface area (Å²) in [7, 11) is 1.20. The number of H-pyrrole nitrogens is 1. The van der Waals surface area contributed by atoms with Gasteiger partial charge in [0.1, 0.15) is 5.69 Å². The molecule has 5 nitrogen and oxygen atoms in total. The van der Waals surface area contributed by atoms with Crippen LogP contribution in [0.25, 0.3) is 0 Å². The van der Waals surface area contributed by atoms with Gasteiger partial charge >= 0.3 is 5.97 Å². The molecule has 0 saturated heterocycles. The van der Waals surface area contributed by atoms with Gasteiger partial charge in [-0.05, 0) is 22.0 Å². The van der Waals surface area contributed by atoms with E-state index in [2.05, 4.69) is 25.7 Å². The van der Waals surface area contributed by atoms with E-state index in [1.807, 2.05) is 0 Å². The van der Waals surface area contributed by atoms with E-state index < -0.39 is 17.3 Å². The molecule has 1 aromatic heterocycles. The maximum atomic E-state index is 10.9. The molecular formula is C7H6BrNO4. The van der Waals surface area contributed by atoms with Gasteiger partial charge in [-0.25, -0.2) is 4.79 Å². The lowest BCUT2D eigenvalue weighted by molar-refractivity contribution is 0.0593. The van der Waals surface area contributed by atoms with Gasteiger partial charge < -0.3 is 14.8 Å². The number of halogens is 1. The first-order valence-corrected chi connectivity index (χ1v) is 4.05. The van der Waals surface area contributed by atoms with Crippen molar-refractivity contribution < 1.29 is 14.6 Å². The van der Waals surface area contributed by atoms with E-state index in [0.717, 1.165) is 0 Å². The van der Waals surface area contributed by atoms with Crippen molar-refractivity contribution in [3.8, 4) is 5.75 Å². The molecule has 13 heavy (non-hydrogen) atoms. The fraction of sp³-hybridized carbons (Fsp3) is 0.143. The molecule has 0 spiro atoms. The van der Waals surface area contributed by atoms with Crippen LogP contribution in [0, 0.1) is 0 Å². The second kappa shape index (κ2) is 3.61. The molecule has 1 aromatic rings. The van der Waals surface area contributed by atoms with Crippen LogP contribution in [0.4, 0.5) is 0 Å². The minimum absolute atomic E-state index is 0.0165. The second-order valence-corrected chi connectivity index (χ2v) is 3.05. The van der Waals surface area contributed by atoms with Gasteiger partial charge in [-0.3, -0.25) is 4.79 Å². The summed E-state index contributed by atoms with van der Waals surface area (Å²) in [5.74, 6) is -1.13. The smallest absolute Gasteiger partial charge is 0.354 e. The van der Waals surface area contributed by atoms with E-state index in [0.29, 0.717) is 0 Å². The zero-order valence-corrected chi connectivity index (χ0v) is 8.21. The molecule has 0 amide bonds. The third-order valence-electron chi connectivity index (χ3n) is 1.37. The van der Waals surface area contributed by atoms with Gasteiger partial charge in [0.15, 0.2) is 5.75 Å². The van der Waals surface area contributed by atoms with Crippen molar-refractivity contribution in [2.24, 2.45) is 0 Å². The molecule has 1 heterocycles. The minimum atomic E-state index is -0.741. The lowest BCUT2D eigenvalue weighted by atomic mass is 10.3. The zero-order chi connectivity index (χ0) is 10.0. The summed E-state index contributed by atoms with van der Waals surface area (Å²) in [5, 5.41) is 9.04. The second-order valence-electron chi connectivity index (χ2n) is 2.20. The summed E-state index contributed by atoms with van der Waals surface area (Å²) in [4.78, 5) is 24.0. The van der Waals surface area contributed by atoms with Crippen molar-refractivity contribution in [3.63, 3.8) is 0 Å². The molecule has 0 unspecified atom stereocenters. The summed E-state index contributed by atoms with van der Waals surface area (Å²) >= 11 is 2.92. The quantitative estimate of drug-likeness (QED) is 0.714. The van der Waals surface area contributed by atoms with Crippen molar-refractivity contribution in [3.05, 3.63) is 26.6 Å². The Morgan fingerprint density at radius 2 is 2.31 bits per heavy atom. The normalized spacial score (nSPS) is 9.69. The lowest BCUT2D eigenvalue weighted by Crippen LogP contribution is -2.13. The van der Waals surface area contributed by atoms with Crippen LogP contribution >= 0.6 is 15.9 Å². The van der Waals surface area contributed by atoms with E-state index in [1.54, 1.807) is 0 Å². The molecule has 0 aliphatic rings. The molecule has 0 aliphatic carbocycles. The Morgan fingerprint density at radius 3 is 2.77 bits per heavy atom. The molecule has 0 bridgehead atoms. The van der Waals surface area contributed by atoms with Crippen molar-refractivity contribution in [2.45, 2.75) is 0 Å². The largest absolute Gasteiger partial charge is 0.502 e. The lowest BCUT2D eigenvalue weighted by Gasteiger charge is -2.00. The number of carbonyl (C=O) groups is 1. The number of aromatic nitrogens is 1. The predicted molar refractivity (Wildman–Crippen MR) is 47.8 cm³/mol. The molecule has 0 radical (unpaired) electrons. The molecular weight excluding hydrogens is 242 g/mol. The number of hydrogen-bond acceptors (Lipinski definition) is 4. The van der Waals surface area contributed by atoms with Gasteiger partial charge in [0.2, 0.25) is 0 Å². The Balaban J connectivity index is 3.29. The highest BCUT2D eigenvalue weighted by Crippen LogP contribution is 2.18. The Kier molecular flexibility index (Phi) is 2.72. The highest BCUT2D eigenvalue weighted by molar-refractivity contribution is 9.10. The minimum Gasteiger partial charge on any atom is -0.502 e. The van der Waals surface area contributed by atoms with Crippen LogP contribution in [-0.4, -0.2) is 23.2 Å². The van der Waals surface area contributed by atoms with Gasteiger partial charge in [0.25, 0.3) is 5.56 Å². The van der Waals surface area contributed by atoms with Gasteiger partial charge in [0.05, 0.1) is 11.6 Å². The van der Waals surface area contributed by atoms with E-state index >= 15 is 0 Å². The third-order valence-corrected chi connectivity index (χ3v) is 1.97. The fourth-order valence-electron chi connectivity index (χ4n) is 0.741. The number of carbonyl (C=O) groups excluding carboxylic acids is 1. The number of rotatable bonds is 1. The Labute approximate surface area is 81.5 Å². The number of aromatic hydroxyl groups is 1. The van der Waals surface area contributed by atoms with E-state index in [9.17, 15) is 9.59 Å². The van der Waals surface area contributed by atoms with Gasteiger partial charge in [-0.1, -0.05) is 0 Å². The molecule has 70 valence electrons. The molecule has 1 rings (SSSR count). The summed E-state index contributed by atoms with van der Waals surface area (Å²) in [6.07, 6.45) is 0. The number of methoxy groups -OCH3 is 1. The SMILES string of the molecule is COC(=O)c1cc(Br)c(O)c(=O)[nH]1. The highest BCUT2D eigenvalue weighted by Gasteiger charge is 2.11. The van der Waals surface area contributed by atoms with Crippen molar-refractivity contribution in [2.75, 3.05) is 7.11 Å². The monoisotopic (exact) mass is 247 g/mol. The number of ether oxygens (including phenoxy) is 1.